The van der Waals surface area contributed by atoms with Gasteiger partial charge < -0.3 is 15.5 Å². The van der Waals surface area contributed by atoms with E-state index in [0.717, 1.165) is 39.8 Å². The van der Waals surface area contributed by atoms with Gasteiger partial charge in [0.15, 0.2) is 0 Å². The summed E-state index contributed by atoms with van der Waals surface area (Å²) in [4.78, 5) is 43.3. The number of nitrogens with zero attached hydrogens (tertiary/aromatic N) is 2. The standard InChI is InChI=1S/C29H32ClN5O3S2/c1-19-25(30)18-27(39-19)40-33-29(38)32-21-6-9-23(10-7-21)35-26(36)17-20-16-22(8-11-24(20)28(35)37)31-12-5-15-34-13-3-2-4-14-34/h6-11,16,18,31H,2-5,12-15,17H2,1H3,(H2,32,33,38). The van der Waals surface area contributed by atoms with Gasteiger partial charge in [-0.05, 0) is 112 Å². The van der Waals surface area contributed by atoms with Gasteiger partial charge in [0.05, 0.1) is 21.3 Å². The minimum Gasteiger partial charge on any atom is -0.385 e. The van der Waals surface area contributed by atoms with Gasteiger partial charge in [-0.2, -0.15) is 0 Å². The van der Waals surface area contributed by atoms with Crippen LogP contribution in [0.1, 0.15) is 46.5 Å². The molecule has 3 aromatic rings. The number of halogens is 1. The molecule has 0 bridgehead atoms. The number of benzene rings is 2. The quantitative estimate of drug-likeness (QED) is 0.147. The Kier molecular flexibility index (Phi) is 9.31. The molecular formula is C29H32ClN5O3S2. The van der Waals surface area contributed by atoms with Gasteiger partial charge >= 0.3 is 6.03 Å². The second-order valence-electron chi connectivity index (χ2n) is 9.94. The van der Waals surface area contributed by atoms with Crippen molar-refractivity contribution in [3.63, 3.8) is 0 Å². The number of hydrogen-bond acceptors (Lipinski definition) is 7. The molecule has 0 saturated carbocycles. The molecule has 1 fully saturated rings. The Bertz CT molecular complexity index is 1370. The third-order valence-electron chi connectivity index (χ3n) is 7.02. The van der Waals surface area contributed by atoms with Gasteiger partial charge in [-0.15, -0.1) is 11.3 Å². The van der Waals surface area contributed by atoms with Gasteiger partial charge in [0.25, 0.3) is 5.91 Å². The van der Waals surface area contributed by atoms with Crippen LogP contribution in [0, 0.1) is 6.92 Å². The summed E-state index contributed by atoms with van der Waals surface area (Å²) >= 11 is 8.75. The number of hydrogen-bond donors (Lipinski definition) is 3. The molecular weight excluding hydrogens is 566 g/mol. The van der Waals surface area contributed by atoms with Crippen molar-refractivity contribution < 1.29 is 14.4 Å². The largest absolute Gasteiger partial charge is 0.385 e. The van der Waals surface area contributed by atoms with Crippen LogP contribution in [0.15, 0.2) is 52.7 Å². The summed E-state index contributed by atoms with van der Waals surface area (Å²) in [5.41, 5.74) is 3.19. The minimum atomic E-state index is -0.394. The van der Waals surface area contributed by atoms with E-state index in [1.54, 1.807) is 36.4 Å². The highest BCUT2D eigenvalue weighted by Gasteiger charge is 2.32. The number of urea groups is 1. The number of carbonyl (C=O) groups is 3. The lowest BCUT2D eigenvalue weighted by Crippen LogP contribution is -2.42. The molecule has 5 rings (SSSR count). The minimum absolute atomic E-state index is 0.149. The topological polar surface area (TPSA) is 93.8 Å². The molecule has 3 heterocycles. The molecule has 3 N–H and O–H groups in total. The first-order valence-corrected chi connectivity index (χ1v) is 15.4. The Balaban J connectivity index is 1.14. The Morgan fingerprint density at radius 3 is 2.50 bits per heavy atom. The van der Waals surface area contributed by atoms with Crippen LogP contribution < -0.4 is 20.3 Å². The molecule has 0 unspecified atom stereocenters. The number of carbonyl (C=O) groups excluding carboxylic acids is 3. The molecule has 2 aliphatic heterocycles. The summed E-state index contributed by atoms with van der Waals surface area (Å²) < 4.78 is 3.60. The maximum absolute atomic E-state index is 13.3. The molecule has 40 heavy (non-hydrogen) atoms. The Labute approximate surface area is 247 Å². The summed E-state index contributed by atoms with van der Waals surface area (Å²) in [5.74, 6) is -0.623. The van der Waals surface area contributed by atoms with Crippen LogP contribution in [0.5, 0.6) is 0 Å². The van der Waals surface area contributed by atoms with Gasteiger partial charge in [0, 0.05) is 28.4 Å². The van der Waals surface area contributed by atoms with Gasteiger partial charge in [-0.3, -0.25) is 14.3 Å². The second kappa shape index (κ2) is 13.1. The zero-order valence-corrected chi connectivity index (χ0v) is 24.7. The van der Waals surface area contributed by atoms with Gasteiger partial charge in [0.1, 0.15) is 0 Å². The average Bonchev–Trinajstić information content (AvgIpc) is 3.28. The summed E-state index contributed by atoms with van der Waals surface area (Å²) in [6.07, 6.45) is 5.13. The molecule has 4 amide bonds. The lowest BCUT2D eigenvalue weighted by Gasteiger charge is -2.27. The zero-order chi connectivity index (χ0) is 28.1. The molecule has 0 aliphatic carbocycles. The molecule has 2 aromatic carbocycles. The predicted octanol–water partition coefficient (Wildman–Crippen LogP) is 6.56. The maximum Gasteiger partial charge on any atom is 0.329 e. The van der Waals surface area contributed by atoms with E-state index >= 15 is 0 Å². The molecule has 11 heteroatoms. The monoisotopic (exact) mass is 597 g/mol. The zero-order valence-electron chi connectivity index (χ0n) is 22.3. The first-order chi connectivity index (χ1) is 19.4. The van der Waals surface area contributed by atoms with Crippen LogP contribution in [0.2, 0.25) is 5.02 Å². The van der Waals surface area contributed by atoms with Gasteiger partial charge in [0.2, 0.25) is 5.91 Å². The number of amides is 4. The lowest BCUT2D eigenvalue weighted by molar-refractivity contribution is -0.117. The number of anilines is 3. The van der Waals surface area contributed by atoms with Gasteiger partial charge in [-0.1, -0.05) is 18.0 Å². The first kappa shape index (κ1) is 28.5. The number of piperidine rings is 1. The molecule has 1 aromatic heterocycles. The smallest absolute Gasteiger partial charge is 0.329 e. The number of nitrogens with one attached hydrogen (secondary N) is 3. The van der Waals surface area contributed by atoms with Crippen LogP contribution >= 0.6 is 34.9 Å². The second-order valence-corrected chi connectivity index (χ2v) is 12.7. The predicted molar refractivity (Wildman–Crippen MR) is 164 cm³/mol. The number of aryl methyl sites for hydroxylation is 1. The van der Waals surface area contributed by atoms with Gasteiger partial charge in [-0.25, -0.2) is 9.69 Å². The maximum atomic E-state index is 13.3. The van der Waals surface area contributed by atoms with Crippen LogP contribution in [0.3, 0.4) is 0 Å². The Morgan fingerprint density at radius 2 is 1.77 bits per heavy atom. The van der Waals surface area contributed by atoms with Crippen LogP contribution in [0.4, 0.5) is 21.9 Å². The molecule has 2 aliphatic rings. The number of imide groups is 1. The Morgan fingerprint density at radius 1 is 1.02 bits per heavy atom. The van der Waals surface area contributed by atoms with E-state index in [-0.39, 0.29) is 18.2 Å². The normalized spacial score (nSPS) is 15.6. The third-order valence-corrected chi connectivity index (χ3v) is 9.48. The van der Waals surface area contributed by atoms with E-state index in [2.05, 4.69) is 20.3 Å². The average molecular weight is 598 g/mol. The highest BCUT2D eigenvalue weighted by molar-refractivity contribution is 7.99. The summed E-state index contributed by atoms with van der Waals surface area (Å²) in [7, 11) is 0. The van der Waals surface area contributed by atoms with Crippen molar-refractivity contribution in [3.05, 3.63) is 69.6 Å². The molecule has 0 radical (unpaired) electrons. The summed E-state index contributed by atoms with van der Waals surface area (Å²) in [6.45, 7) is 6.25. The molecule has 0 atom stereocenters. The fourth-order valence-electron chi connectivity index (χ4n) is 4.95. The van der Waals surface area contributed by atoms with Crippen LogP contribution in [0.25, 0.3) is 0 Å². The van der Waals surface area contributed by atoms with E-state index in [1.807, 2.05) is 19.1 Å². The fourth-order valence-corrected chi connectivity index (χ4v) is 7.02. The first-order valence-electron chi connectivity index (χ1n) is 13.4. The Hall–Kier alpha value is -3.05. The highest BCUT2D eigenvalue weighted by atomic mass is 35.5. The fraction of sp³-hybridized carbons (Fsp3) is 0.345. The number of thiophene rings is 1. The van der Waals surface area contributed by atoms with E-state index in [9.17, 15) is 14.4 Å². The third kappa shape index (κ3) is 6.98. The van der Waals surface area contributed by atoms with Crippen molar-refractivity contribution >= 4 is 69.8 Å². The number of fused-ring (bicyclic) bond motifs is 1. The van der Waals surface area contributed by atoms with Crippen LogP contribution in [-0.4, -0.2) is 48.9 Å². The van der Waals surface area contributed by atoms with Crippen molar-refractivity contribution in [1.29, 1.82) is 0 Å². The highest BCUT2D eigenvalue weighted by Crippen LogP contribution is 2.32. The number of likely N-dealkylation sites (tertiary alicyclic amines) is 1. The molecule has 0 spiro atoms. The van der Waals surface area contributed by atoms with Crippen molar-refractivity contribution in [2.45, 2.75) is 43.2 Å². The summed E-state index contributed by atoms with van der Waals surface area (Å²) in [6, 6.07) is 13.7. The van der Waals surface area contributed by atoms with Crippen LogP contribution in [-0.2, 0) is 11.2 Å². The molecule has 210 valence electrons. The summed E-state index contributed by atoms with van der Waals surface area (Å²) in [5, 5.41) is 6.86. The lowest BCUT2D eigenvalue weighted by atomic mass is 9.97. The van der Waals surface area contributed by atoms with Crippen molar-refractivity contribution in [2.24, 2.45) is 0 Å². The SMILES string of the molecule is Cc1sc(SNC(=O)Nc2ccc(N3C(=O)Cc4cc(NCCCN5CCCCC5)ccc4C3=O)cc2)cc1Cl. The van der Waals surface area contributed by atoms with Crippen molar-refractivity contribution in [2.75, 3.05) is 41.7 Å². The van der Waals surface area contributed by atoms with E-state index in [0.29, 0.717) is 22.0 Å². The molecule has 8 nitrogen and oxygen atoms in total. The van der Waals surface area contributed by atoms with E-state index in [4.69, 9.17) is 11.6 Å². The van der Waals surface area contributed by atoms with E-state index in [1.165, 1.54) is 60.5 Å². The van der Waals surface area contributed by atoms with Crippen molar-refractivity contribution in [3.8, 4) is 0 Å². The number of rotatable bonds is 9. The van der Waals surface area contributed by atoms with Crippen molar-refractivity contribution in [1.82, 2.24) is 9.62 Å². The molecule has 1 saturated heterocycles. The van der Waals surface area contributed by atoms with E-state index < -0.39 is 6.03 Å².